The topological polar surface area (TPSA) is 63.7 Å². The van der Waals surface area contributed by atoms with Gasteiger partial charge in [-0.3, -0.25) is 4.79 Å². The van der Waals surface area contributed by atoms with Crippen LogP contribution in [0.25, 0.3) is 0 Å². The van der Waals surface area contributed by atoms with Gasteiger partial charge >= 0.3 is 7.12 Å². The van der Waals surface area contributed by atoms with Crippen LogP contribution in [0, 0.1) is 11.8 Å². The second-order valence-electron chi connectivity index (χ2n) is 11.4. The van der Waals surface area contributed by atoms with Gasteiger partial charge < -0.3 is 19.5 Å². The van der Waals surface area contributed by atoms with Crippen molar-refractivity contribution in [3.05, 3.63) is 53.2 Å². The molecule has 0 radical (unpaired) electrons. The van der Waals surface area contributed by atoms with Crippen LogP contribution in [-0.2, 0) is 9.31 Å². The van der Waals surface area contributed by atoms with Gasteiger partial charge in [0.2, 0.25) is 0 Å². The normalized spacial score (nSPS) is 29.4. The van der Waals surface area contributed by atoms with Crippen LogP contribution in [0.3, 0.4) is 0 Å². The molecule has 3 aliphatic rings. The molecule has 5 rings (SSSR count). The number of anilines is 1. The molecular weight excluding hydrogens is 449 g/mol. The zero-order valence-electron chi connectivity index (χ0n) is 20.6. The predicted octanol–water partition coefficient (Wildman–Crippen LogP) is 4.07. The van der Waals surface area contributed by atoms with Crippen LogP contribution in [0.5, 0.6) is 0 Å². The fourth-order valence-electron chi connectivity index (χ4n) is 5.62. The number of hydrogen-bond donors (Lipinski definition) is 1. The number of amides is 1. The van der Waals surface area contributed by atoms with Crippen molar-refractivity contribution >= 4 is 35.9 Å². The van der Waals surface area contributed by atoms with Gasteiger partial charge in [-0.05, 0) is 77.5 Å². The van der Waals surface area contributed by atoms with Gasteiger partial charge in [-0.25, -0.2) is 4.98 Å². The monoisotopic (exact) mass is 481 g/mol. The number of carbonyl (C=O) groups excluding carboxylic acids is 1. The molecule has 1 N–H and O–H groups in total. The van der Waals surface area contributed by atoms with Crippen molar-refractivity contribution in [2.45, 2.75) is 64.2 Å². The van der Waals surface area contributed by atoms with Gasteiger partial charge in [0, 0.05) is 30.3 Å². The number of benzene rings is 1. The number of aromatic nitrogens is 1. The van der Waals surface area contributed by atoms with Crippen LogP contribution in [0.4, 0.5) is 5.82 Å². The van der Waals surface area contributed by atoms with E-state index in [1.54, 1.807) is 12.1 Å². The van der Waals surface area contributed by atoms with Crippen molar-refractivity contribution in [3.63, 3.8) is 0 Å². The highest BCUT2D eigenvalue weighted by Crippen LogP contribution is 2.45. The maximum absolute atomic E-state index is 12.8. The smallest absolute Gasteiger partial charge is 0.399 e. The summed E-state index contributed by atoms with van der Waals surface area (Å²) in [5.41, 5.74) is 0.533. The van der Waals surface area contributed by atoms with E-state index >= 15 is 0 Å². The van der Waals surface area contributed by atoms with E-state index in [9.17, 15) is 4.79 Å². The van der Waals surface area contributed by atoms with Gasteiger partial charge in [-0.15, -0.1) is 0 Å². The molecular formula is C26H33BClN3O3. The number of rotatable bonds is 4. The molecule has 1 aromatic carbocycles. The first-order valence-electron chi connectivity index (χ1n) is 12.1. The van der Waals surface area contributed by atoms with E-state index in [2.05, 4.69) is 57.0 Å². The highest BCUT2D eigenvalue weighted by molar-refractivity contribution is 6.62. The minimum Gasteiger partial charge on any atom is -0.399 e. The molecule has 2 atom stereocenters. The van der Waals surface area contributed by atoms with Crippen molar-refractivity contribution in [2.24, 2.45) is 11.8 Å². The zero-order valence-corrected chi connectivity index (χ0v) is 21.4. The van der Waals surface area contributed by atoms with Crippen molar-refractivity contribution in [1.29, 1.82) is 0 Å². The fraction of sp³-hybridized carbons (Fsp3) is 0.538. The molecule has 34 heavy (non-hydrogen) atoms. The molecule has 180 valence electrons. The van der Waals surface area contributed by atoms with Crippen molar-refractivity contribution < 1.29 is 14.1 Å². The molecule has 1 amide bonds. The molecule has 3 fully saturated rings. The minimum atomic E-state index is -0.396. The average Bonchev–Trinajstić information content (AvgIpc) is 3.34. The molecule has 2 aromatic rings. The molecule has 3 heterocycles. The number of nitrogens with zero attached hydrogens (tertiary/aromatic N) is 2. The van der Waals surface area contributed by atoms with Crippen LogP contribution in [-0.4, -0.2) is 47.8 Å². The summed E-state index contributed by atoms with van der Waals surface area (Å²) >= 11 is 6.22. The van der Waals surface area contributed by atoms with Crippen molar-refractivity contribution in [2.75, 3.05) is 18.0 Å². The van der Waals surface area contributed by atoms with Crippen molar-refractivity contribution in [1.82, 2.24) is 10.3 Å². The molecule has 2 unspecified atom stereocenters. The summed E-state index contributed by atoms with van der Waals surface area (Å²) in [5.74, 6) is 1.95. The summed E-state index contributed by atoms with van der Waals surface area (Å²) in [4.78, 5) is 19.9. The SMILES string of the molecule is CC1(NC(=O)c2ccccc2Cl)CC2CN(c3ccc(B4OC(C)(C)C(C)(C)O4)cn3)CC2C1. The molecule has 1 saturated carbocycles. The molecule has 1 aromatic heterocycles. The Kier molecular flexibility index (Phi) is 5.74. The number of halogens is 1. The Balaban J connectivity index is 1.20. The maximum atomic E-state index is 12.8. The summed E-state index contributed by atoms with van der Waals surface area (Å²) in [6, 6.07) is 11.3. The van der Waals surface area contributed by atoms with Crippen molar-refractivity contribution in [3.8, 4) is 0 Å². The quantitative estimate of drug-likeness (QED) is 0.667. The first kappa shape index (κ1) is 23.6. The predicted molar refractivity (Wildman–Crippen MR) is 136 cm³/mol. The van der Waals surface area contributed by atoms with Gasteiger partial charge in [0.05, 0.1) is 21.8 Å². The number of pyridine rings is 1. The van der Waals surface area contributed by atoms with Crippen LogP contribution in [0.1, 0.15) is 57.8 Å². The third-order valence-electron chi connectivity index (χ3n) is 8.16. The van der Waals surface area contributed by atoms with Crippen LogP contribution in [0.15, 0.2) is 42.6 Å². The third kappa shape index (κ3) is 4.23. The summed E-state index contributed by atoms with van der Waals surface area (Å²) in [5, 5.41) is 3.75. The Morgan fingerprint density at radius 2 is 1.65 bits per heavy atom. The lowest BCUT2D eigenvalue weighted by atomic mass is 9.80. The standard InChI is InChI=1S/C26H33BClN3O3/c1-24(2)25(3,4)34-27(33-24)19-10-11-22(29-14-19)31-15-17-12-26(5,13-18(17)16-31)30-23(32)20-8-6-7-9-21(20)28/h6-11,14,17-18H,12-13,15-16H2,1-5H3,(H,30,32). The highest BCUT2D eigenvalue weighted by Gasteiger charge is 2.52. The fourth-order valence-corrected chi connectivity index (χ4v) is 5.84. The van der Waals surface area contributed by atoms with Gasteiger partial charge in [0.1, 0.15) is 5.82 Å². The Labute approximate surface area is 207 Å². The summed E-state index contributed by atoms with van der Waals surface area (Å²) in [6.07, 6.45) is 3.78. The molecule has 0 bridgehead atoms. The first-order valence-corrected chi connectivity index (χ1v) is 12.5. The number of fused-ring (bicyclic) bond motifs is 1. The van der Waals surface area contributed by atoms with Gasteiger partial charge in [-0.2, -0.15) is 0 Å². The zero-order chi connectivity index (χ0) is 24.3. The van der Waals surface area contributed by atoms with E-state index < -0.39 is 7.12 Å². The van der Waals surface area contributed by atoms with E-state index in [1.807, 2.05) is 18.3 Å². The average molecular weight is 482 g/mol. The first-order chi connectivity index (χ1) is 16.0. The van der Waals surface area contributed by atoms with E-state index in [-0.39, 0.29) is 22.6 Å². The highest BCUT2D eigenvalue weighted by atomic mass is 35.5. The largest absolute Gasteiger partial charge is 0.496 e. The van der Waals surface area contributed by atoms with E-state index in [4.69, 9.17) is 25.9 Å². The molecule has 0 spiro atoms. The summed E-state index contributed by atoms with van der Waals surface area (Å²) < 4.78 is 12.3. The molecule has 6 nitrogen and oxygen atoms in total. The number of carbonyl (C=O) groups is 1. The van der Waals surface area contributed by atoms with E-state index in [1.165, 1.54) is 0 Å². The Hall–Kier alpha value is -2.09. The maximum Gasteiger partial charge on any atom is 0.496 e. The lowest BCUT2D eigenvalue weighted by molar-refractivity contribution is 0.00578. The van der Waals surface area contributed by atoms with E-state index in [0.29, 0.717) is 22.4 Å². The second kappa shape index (κ2) is 8.25. The molecule has 8 heteroatoms. The number of hydrogen-bond acceptors (Lipinski definition) is 5. The van der Waals surface area contributed by atoms with Crippen LogP contribution >= 0.6 is 11.6 Å². The van der Waals surface area contributed by atoms with Gasteiger partial charge in [0.15, 0.2) is 0 Å². The molecule has 2 aliphatic heterocycles. The third-order valence-corrected chi connectivity index (χ3v) is 8.49. The Morgan fingerprint density at radius 1 is 1.03 bits per heavy atom. The molecule has 2 saturated heterocycles. The summed E-state index contributed by atoms with van der Waals surface area (Å²) in [7, 11) is -0.396. The number of nitrogens with one attached hydrogen (secondary N) is 1. The lowest BCUT2D eigenvalue weighted by Gasteiger charge is -2.32. The molecule has 1 aliphatic carbocycles. The summed E-state index contributed by atoms with van der Waals surface area (Å²) in [6.45, 7) is 12.3. The minimum absolute atomic E-state index is 0.0927. The Bertz CT molecular complexity index is 1060. The lowest BCUT2D eigenvalue weighted by Crippen LogP contribution is -2.45. The second-order valence-corrected chi connectivity index (χ2v) is 11.8. The van der Waals surface area contributed by atoms with Crippen LogP contribution in [0.2, 0.25) is 5.02 Å². The van der Waals surface area contributed by atoms with E-state index in [0.717, 1.165) is 37.2 Å². The van der Waals surface area contributed by atoms with Crippen LogP contribution < -0.4 is 15.7 Å². The van der Waals surface area contributed by atoms with Gasteiger partial charge in [0.25, 0.3) is 5.91 Å². The van der Waals surface area contributed by atoms with Gasteiger partial charge in [-0.1, -0.05) is 29.8 Å². The Morgan fingerprint density at radius 3 is 2.21 bits per heavy atom.